The second-order valence-electron chi connectivity index (χ2n) is 7.88. The van der Waals surface area contributed by atoms with E-state index in [2.05, 4.69) is 50.2 Å². The van der Waals surface area contributed by atoms with E-state index >= 15 is 0 Å². The summed E-state index contributed by atoms with van der Waals surface area (Å²) in [5.41, 5.74) is 4.22. The molecule has 0 aliphatic heterocycles. The first-order valence-corrected chi connectivity index (χ1v) is 10.7. The molecule has 0 aromatic heterocycles. The predicted molar refractivity (Wildman–Crippen MR) is 113 cm³/mol. The number of benzene rings is 2. The van der Waals surface area contributed by atoms with Crippen molar-refractivity contribution in [2.75, 3.05) is 13.4 Å². The maximum Gasteiger partial charge on any atom is 0.189 e. The Morgan fingerprint density at radius 1 is 0.926 bits per heavy atom. The van der Waals surface area contributed by atoms with Crippen LogP contribution < -0.4 is 4.74 Å². The molecule has 27 heavy (non-hydrogen) atoms. The Balaban J connectivity index is 1.35. The molecule has 0 amide bonds. The predicted octanol–water partition coefficient (Wildman–Crippen LogP) is 6.84. The number of ether oxygens (including phenoxy) is 2. The van der Waals surface area contributed by atoms with Crippen molar-refractivity contribution in [1.29, 1.82) is 0 Å². The van der Waals surface area contributed by atoms with Gasteiger partial charge in [0.25, 0.3) is 0 Å². The second-order valence-corrected chi connectivity index (χ2v) is 7.88. The highest BCUT2D eigenvalue weighted by Crippen LogP contribution is 2.32. The molecule has 146 valence electrons. The van der Waals surface area contributed by atoms with Crippen molar-refractivity contribution in [3.8, 4) is 5.75 Å². The Labute approximate surface area is 164 Å². The number of hydrogen-bond donors (Lipinski definition) is 0. The quantitative estimate of drug-likeness (QED) is 0.357. The maximum atomic E-state index is 5.69. The zero-order valence-electron chi connectivity index (χ0n) is 17.0. The topological polar surface area (TPSA) is 18.5 Å². The molecule has 2 aromatic rings. The van der Waals surface area contributed by atoms with Gasteiger partial charge in [-0.3, -0.25) is 0 Å². The molecule has 0 bridgehead atoms. The third-order valence-corrected chi connectivity index (χ3v) is 5.96. The monoisotopic (exact) mass is 366 g/mol. The molecule has 0 saturated heterocycles. The molecule has 0 spiro atoms. The normalized spacial score (nSPS) is 16.2. The molecule has 2 heteroatoms. The summed E-state index contributed by atoms with van der Waals surface area (Å²) in [6, 6.07) is 17.5. The van der Waals surface area contributed by atoms with E-state index in [9.17, 15) is 0 Å². The standard InChI is InChI=1S/C25H34O2/c1-3-20(2)22-13-15-25(16-14-22)27-19-26-18-17-21-9-11-24(12-10-21)23-7-5-4-6-8-23/h9-16,20,23H,3-8,17-19H2,1-2H3. The molecular formula is C25H34O2. The van der Waals surface area contributed by atoms with E-state index in [1.54, 1.807) is 0 Å². The van der Waals surface area contributed by atoms with Crippen molar-refractivity contribution in [3.63, 3.8) is 0 Å². The van der Waals surface area contributed by atoms with Crippen molar-refractivity contribution in [1.82, 2.24) is 0 Å². The van der Waals surface area contributed by atoms with E-state index in [1.165, 1.54) is 48.8 Å². The van der Waals surface area contributed by atoms with Gasteiger partial charge in [0, 0.05) is 0 Å². The fourth-order valence-corrected chi connectivity index (χ4v) is 3.88. The highest BCUT2D eigenvalue weighted by Gasteiger charge is 2.14. The van der Waals surface area contributed by atoms with Crippen LogP contribution in [-0.2, 0) is 11.2 Å². The Morgan fingerprint density at radius 3 is 2.30 bits per heavy atom. The molecule has 1 atom stereocenters. The Kier molecular flexibility index (Phi) is 7.77. The number of hydrogen-bond acceptors (Lipinski definition) is 2. The van der Waals surface area contributed by atoms with Crippen molar-refractivity contribution in [2.45, 2.75) is 70.6 Å². The van der Waals surface area contributed by atoms with Crippen LogP contribution in [0.3, 0.4) is 0 Å². The van der Waals surface area contributed by atoms with Crippen molar-refractivity contribution in [2.24, 2.45) is 0 Å². The van der Waals surface area contributed by atoms with Gasteiger partial charge in [0.2, 0.25) is 0 Å². The van der Waals surface area contributed by atoms with Crippen LogP contribution in [-0.4, -0.2) is 13.4 Å². The van der Waals surface area contributed by atoms with E-state index in [4.69, 9.17) is 9.47 Å². The van der Waals surface area contributed by atoms with Crippen LogP contribution >= 0.6 is 0 Å². The average Bonchev–Trinajstić information content (AvgIpc) is 2.74. The minimum Gasteiger partial charge on any atom is -0.468 e. The van der Waals surface area contributed by atoms with Gasteiger partial charge in [0.05, 0.1) is 6.61 Å². The van der Waals surface area contributed by atoms with Gasteiger partial charge in [-0.2, -0.15) is 0 Å². The summed E-state index contributed by atoms with van der Waals surface area (Å²) in [7, 11) is 0. The van der Waals surface area contributed by atoms with Gasteiger partial charge >= 0.3 is 0 Å². The molecule has 1 aliphatic rings. The maximum absolute atomic E-state index is 5.69. The lowest BCUT2D eigenvalue weighted by Crippen LogP contribution is -2.07. The van der Waals surface area contributed by atoms with E-state index in [1.807, 2.05) is 12.1 Å². The lowest BCUT2D eigenvalue weighted by Gasteiger charge is -2.22. The summed E-state index contributed by atoms with van der Waals surface area (Å²) < 4.78 is 11.4. The van der Waals surface area contributed by atoms with Crippen LogP contribution in [0, 0.1) is 0 Å². The van der Waals surface area contributed by atoms with Gasteiger partial charge in [-0.1, -0.05) is 69.5 Å². The van der Waals surface area contributed by atoms with Gasteiger partial charge in [-0.25, -0.2) is 0 Å². The van der Waals surface area contributed by atoms with Gasteiger partial charge in [0.1, 0.15) is 5.75 Å². The second kappa shape index (κ2) is 10.5. The first-order valence-electron chi connectivity index (χ1n) is 10.7. The molecule has 3 rings (SSSR count). The summed E-state index contributed by atoms with van der Waals surface area (Å²) in [5.74, 6) is 2.25. The molecule has 0 heterocycles. The molecule has 0 N–H and O–H groups in total. The van der Waals surface area contributed by atoms with Crippen LogP contribution in [0.1, 0.15) is 80.9 Å². The molecular weight excluding hydrogens is 332 g/mol. The van der Waals surface area contributed by atoms with Crippen LogP contribution in [0.2, 0.25) is 0 Å². The summed E-state index contributed by atoms with van der Waals surface area (Å²) in [5, 5.41) is 0. The largest absolute Gasteiger partial charge is 0.468 e. The molecule has 2 nitrogen and oxygen atoms in total. The van der Waals surface area contributed by atoms with Crippen LogP contribution in [0.15, 0.2) is 48.5 Å². The zero-order valence-corrected chi connectivity index (χ0v) is 17.0. The molecule has 2 aromatic carbocycles. The van der Waals surface area contributed by atoms with Gasteiger partial charge in [0.15, 0.2) is 6.79 Å². The molecule has 1 unspecified atom stereocenters. The van der Waals surface area contributed by atoms with E-state index < -0.39 is 0 Å². The Hall–Kier alpha value is -1.80. The average molecular weight is 367 g/mol. The minimum absolute atomic E-state index is 0.308. The summed E-state index contributed by atoms with van der Waals surface area (Å²) in [4.78, 5) is 0. The lowest BCUT2D eigenvalue weighted by atomic mass is 9.84. The van der Waals surface area contributed by atoms with Crippen LogP contribution in [0.5, 0.6) is 5.75 Å². The smallest absolute Gasteiger partial charge is 0.189 e. The lowest BCUT2D eigenvalue weighted by molar-refractivity contribution is 0.0169. The first kappa shape index (κ1) is 19.9. The Morgan fingerprint density at radius 2 is 1.63 bits per heavy atom. The van der Waals surface area contributed by atoms with E-state index in [-0.39, 0.29) is 0 Å². The van der Waals surface area contributed by atoms with Gasteiger partial charge in [-0.15, -0.1) is 0 Å². The van der Waals surface area contributed by atoms with Crippen molar-refractivity contribution >= 4 is 0 Å². The summed E-state index contributed by atoms with van der Waals surface area (Å²) >= 11 is 0. The third kappa shape index (κ3) is 6.10. The first-order chi connectivity index (χ1) is 13.3. The number of rotatable bonds is 9. The van der Waals surface area contributed by atoms with Crippen LogP contribution in [0.4, 0.5) is 0 Å². The zero-order chi connectivity index (χ0) is 18.9. The molecule has 1 aliphatic carbocycles. The van der Waals surface area contributed by atoms with Crippen molar-refractivity contribution in [3.05, 3.63) is 65.2 Å². The SMILES string of the molecule is CCC(C)c1ccc(OCOCCc2ccc(C3CCCCC3)cc2)cc1. The Bertz CT molecular complexity index is 654. The highest BCUT2D eigenvalue weighted by molar-refractivity contribution is 5.29. The summed E-state index contributed by atoms with van der Waals surface area (Å²) in [6.07, 6.45) is 9.00. The molecule has 1 saturated carbocycles. The minimum atomic E-state index is 0.308. The molecule has 0 radical (unpaired) electrons. The fraction of sp³-hybridized carbons (Fsp3) is 0.520. The van der Waals surface area contributed by atoms with Crippen molar-refractivity contribution < 1.29 is 9.47 Å². The summed E-state index contributed by atoms with van der Waals surface area (Å²) in [6.45, 7) is 5.46. The highest BCUT2D eigenvalue weighted by atomic mass is 16.7. The van der Waals surface area contributed by atoms with E-state index in [0.29, 0.717) is 19.3 Å². The fourth-order valence-electron chi connectivity index (χ4n) is 3.88. The van der Waals surface area contributed by atoms with Gasteiger partial charge in [-0.05, 0) is 66.3 Å². The van der Waals surface area contributed by atoms with E-state index in [0.717, 1.165) is 24.5 Å². The third-order valence-electron chi connectivity index (χ3n) is 5.96. The molecule has 1 fully saturated rings. The van der Waals surface area contributed by atoms with Gasteiger partial charge < -0.3 is 9.47 Å². The van der Waals surface area contributed by atoms with Crippen LogP contribution in [0.25, 0.3) is 0 Å².